The highest BCUT2D eigenvalue weighted by molar-refractivity contribution is 7.99. The first kappa shape index (κ1) is 15.1. The molecule has 1 saturated heterocycles. The lowest BCUT2D eigenvalue weighted by atomic mass is 10.2. The van der Waals surface area contributed by atoms with Crippen LogP contribution in [-0.2, 0) is 9.53 Å². The smallest absolute Gasteiger partial charge is 0.257 e. The van der Waals surface area contributed by atoms with Crippen LogP contribution in [0.4, 0.5) is 0 Å². The van der Waals surface area contributed by atoms with Crippen LogP contribution in [-0.4, -0.2) is 48.3 Å². The second-order valence-electron chi connectivity index (χ2n) is 4.51. The van der Waals surface area contributed by atoms with E-state index in [-0.39, 0.29) is 12.5 Å². The van der Waals surface area contributed by atoms with Crippen LogP contribution in [0.3, 0.4) is 0 Å². The first-order chi connectivity index (χ1) is 9.84. The normalized spacial score (nSPS) is 15.8. The minimum atomic E-state index is -0.0959. The molecule has 2 rings (SSSR count). The Balaban J connectivity index is 1.51. The Kier molecular flexibility index (Phi) is 6.66. The Morgan fingerprint density at radius 1 is 1.50 bits per heavy atom. The van der Waals surface area contributed by atoms with Gasteiger partial charge in [-0.3, -0.25) is 9.78 Å². The van der Waals surface area contributed by atoms with Gasteiger partial charge in [0.1, 0.15) is 5.75 Å². The van der Waals surface area contributed by atoms with Crippen molar-refractivity contribution in [2.45, 2.75) is 18.1 Å². The minimum absolute atomic E-state index is 0.0353. The number of aromatic nitrogens is 1. The summed E-state index contributed by atoms with van der Waals surface area (Å²) < 4.78 is 10.6. The van der Waals surface area contributed by atoms with E-state index in [9.17, 15) is 4.79 Å². The second-order valence-corrected chi connectivity index (χ2v) is 5.92. The van der Waals surface area contributed by atoms with Crippen LogP contribution in [0.1, 0.15) is 12.8 Å². The highest BCUT2D eigenvalue weighted by Crippen LogP contribution is 2.21. The Bertz CT molecular complexity index is 397. The van der Waals surface area contributed by atoms with Gasteiger partial charge >= 0.3 is 0 Å². The predicted octanol–water partition coefficient (Wildman–Crippen LogP) is 1.49. The van der Waals surface area contributed by atoms with E-state index in [1.165, 1.54) is 0 Å². The third kappa shape index (κ3) is 5.79. The van der Waals surface area contributed by atoms with E-state index in [4.69, 9.17) is 9.47 Å². The van der Waals surface area contributed by atoms with E-state index >= 15 is 0 Å². The van der Waals surface area contributed by atoms with Crippen molar-refractivity contribution in [3.63, 3.8) is 0 Å². The second kappa shape index (κ2) is 8.81. The van der Waals surface area contributed by atoms with E-state index in [0.717, 1.165) is 31.8 Å². The van der Waals surface area contributed by atoms with Gasteiger partial charge in [-0.25, -0.2) is 0 Å². The summed E-state index contributed by atoms with van der Waals surface area (Å²) in [6, 6.07) is 3.55. The Hall–Kier alpha value is -1.27. The average molecular weight is 296 g/mol. The number of nitrogens with one attached hydrogen (secondary N) is 1. The number of carbonyl (C=O) groups excluding carboxylic acids is 1. The van der Waals surface area contributed by atoms with Crippen molar-refractivity contribution in [1.29, 1.82) is 0 Å². The molecule has 0 atom stereocenters. The molecular weight excluding hydrogens is 276 g/mol. The SMILES string of the molecule is O=C(COc1cccnc1)NCCSC1CCOCC1. The van der Waals surface area contributed by atoms with E-state index in [1.807, 2.05) is 11.8 Å². The fraction of sp³-hybridized carbons (Fsp3) is 0.571. The molecule has 1 aliphatic rings. The minimum Gasteiger partial charge on any atom is -0.482 e. The lowest BCUT2D eigenvalue weighted by Crippen LogP contribution is -2.31. The fourth-order valence-corrected chi connectivity index (χ4v) is 2.97. The molecule has 0 bridgehead atoms. The zero-order valence-electron chi connectivity index (χ0n) is 11.4. The van der Waals surface area contributed by atoms with Gasteiger partial charge in [-0.1, -0.05) is 0 Å². The van der Waals surface area contributed by atoms with Gasteiger partial charge in [-0.05, 0) is 25.0 Å². The third-order valence-electron chi connectivity index (χ3n) is 2.95. The first-order valence-corrected chi connectivity index (χ1v) is 7.88. The number of carbonyl (C=O) groups is 1. The Morgan fingerprint density at radius 2 is 2.35 bits per heavy atom. The van der Waals surface area contributed by atoms with Gasteiger partial charge < -0.3 is 14.8 Å². The van der Waals surface area contributed by atoms with E-state index in [1.54, 1.807) is 24.5 Å². The van der Waals surface area contributed by atoms with Gasteiger partial charge in [0.05, 0.1) is 6.20 Å². The summed E-state index contributed by atoms with van der Waals surface area (Å²) in [5.41, 5.74) is 0. The van der Waals surface area contributed by atoms with Crippen LogP contribution >= 0.6 is 11.8 Å². The number of ether oxygens (including phenoxy) is 2. The maximum atomic E-state index is 11.6. The number of thioether (sulfide) groups is 1. The van der Waals surface area contributed by atoms with Crippen LogP contribution < -0.4 is 10.1 Å². The maximum absolute atomic E-state index is 11.6. The summed E-state index contributed by atoms with van der Waals surface area (Å²) in [5.74, 6) is 1.45. The molecular formula is C14H20N2O3S. The van der Waals surface area contributed by atoms with Gasteiger partial charge in [0, 0.05) is 37.0 Å². The highest BCUT2D eigenvalue weighted by Gasteiger charge is 2.13. The van der Waals surface area contributed by atoms with Gasteiger partial charge in [0.25, 0.3) is 5.91 Å². The summed E-state index contributed by atoms with van der Waals surface area (Å²) in [5, 5.41) is 3.53. The molecule has 0 spiro atoms. The molecule has 1 aromatic heterocycles. The van der Waals surface area contributed by atoms with Crippen molar-refractivity contribution in [1.82, 2.24) is 10.3 Å². The summed E-state index contributed by atoms with van der Waals surface area (Å²) in [6.07, 6.45) is 5.49. The van der Waals surface area contributed by atoms with Crippen LogP contribution in [0.2, 0.25) is 0 Å². The van der Waals surface area contributed by atoms with Gasteiger partial charge in [-0.2, -0.15) is 11.8 Å². The summed E-state index contributed by atoms with van der Waals surface area (Å²) in [6.45, 7) is 2.44. The van der Waals surface area contributed by atoms with Crippen molar-refractivity contribution in [2.24, 2.45) is 0 Å². The van der Waals surface area contributed by atoms with Crippen molar-refractivity contribution in [2.75, 3.05) is 32.1 Å². The van der Waals surface area contributed by atoms with Crippen molar-refractivity contribution in [3.8, 4) is 5.75 Å². The van der Waals surface area contributed by atoms with Crippen LogP contribution in [0, 0.1) is 0 Å². The summed E-state index contributed by atoms with van der Waals surface area (Å²) in [7, 11) is 0. The molecule has 0 aromatic carbocycles. The molecule has 0 saturated carbocycles. The summed E-state index contributed by atoms with van der Waals surface area (Å²) >= 11 is 1.91. The third-order valence-corrected chi connectivity index (χ3v) is 4.33. The Labute approximate surface area is 123 Å². The molecule has 1 aliphatic heterocycles. The van der Waals surface area contributed by atoms with E-state index in [2.05, 4.69) is 10.3 Å². The van der Waals surface area contributed by atoms with Gasteiger partial charge in [0.15, 0.2) is 6.61 Å². The maximum Gasteiger partial charge on any atom is 0.257 e. The molecule has 1 amide bonds. The molecule has 2 heterocycles. The molecule has 20 heavy (non-hydrogen) atoms. The van der Waals surface area contributed by atoms with Crippen LogP contribution in [0.25, 0.3) is 0 Å². The number of pyridine rings is 1. The molecule has 0 radical (unpaired) electrons. The largest absolute Gasteiger partial charge is 0.482 e. The first-order valence-electron chi connectivity index (χ1n) is 6.83. The number of rotatable bonds is 7. The standard InChI is InChI=1S/C14H20N2O3S/c17-14(11-19-12-2-1-5-15-10-12)16-6-9-20-13-3-7-18-8-4-13/h1-2,5,10,13H,3-4,6-9,11H2,(H,16,17). The summed E-state index contributed by atoms with van der Waals surface area (Å²) in [4.78, 5) is 15.5. The lowest BCUT2D eigenvalue weighted by Gasteiger charge is -2.21. The average Bonchev–Trinajstić information content (AvgIpc) is 2.52. The monoisotopic (exact) mass is 296 g/mol. The predicted molar refractivity (Wildman–Crippen MR) is 79.0 cm³/mol. The molecule has 0 aliphatic carbocycles. The number of amides is 1. The lowest BCUT2D eigenvalue weighted by molar-refractivity contribution is -0.122. The van der Waals surface area contributed by atoms with Crippen LogP contribution in [0.15, 0.2) is 24.5 Å². The highest BCUT2D eigenvalue weighted by atomic mass is 32.2. The van der Waals surface area contributed by atoms with E-state index in [0.29, 0.717) is 17.5 Å². The molecule has 1 aromatic rings. The van der Waals surface area contributed by atoms with Crippen molar-refractivity contribution < 1.29 is 14.3 Å². The number of hydrogen-bond donors (Lipinski definition) is 1. The molecule has 5 nitrogen and oxygen atoms in total. The molecule has 1 fully saturated rings. The zero-order chi connectivity index (χ0) is 14.0. The molecule has 1 N–H and O–H groups in total. The van der Waals surface area contributed by atoms with Crippen molar-refractivity contribution in [3.05, 3.63) is 24.5 Å². The van der Waals surface area contributed by atoms with Crippen LogP contribution in [0.5, 0.6) is 5.75 Å². The molecule has 110 valence electrons. The molecule has 0 unspecified atom stereocenters. The Morgan fingerprint density at radius 3 is 3.10 bits per heavy atom. The van der Waals surface area contributed by atoms with Crippen molar-refractivity contribution >= 4 is 17.7 Å². The topological polar surface area (TPSA) is 60.5 Å². The van der Waals surface area contributed by atoms with Gasteiger partial charge in [-0.15, -0.1) is 0 Å². The number of hydrogen-bond acceptors (Lipinski definition) is 5. The number of nitrogens with zero attached hydrogens (tertiary/aromatic N) is 1. The van der Waals surface area contributed by atoms with Gasteiger partial charge in [0.2, 0.25) is 0 Å². The van der Waals surface area contributed by atoms with E-state index < -0.39 is 0 Å². The fourth-order valence-electron chi connectivity index (χ4n) is 1.89. The zero-order valence-corrected chi connectivity index (χ0v) is 12.2. The quantitative estimate of drug-likeness (QED) is 0.773. The molecule has 6 heteroatoms.